The molecule has 0 atom stereocenters. The topological polar surface area (TPSA) is 56.1 Å². The second kappa shape index (κ2) is 5.85. The zero-order chi connectivity index (χ0) is 14.1. The Morgan fingerprint density at radius 3 is 2.65 bits per heavy atom. The van der Waals surface area contributed by atoms with Gasteiger partial charge in [-0.05, 0) is 53.4 Å². The minimum Gasteiger partial charge on any atom is -0.383 e. The van der Waals surface area contributed by atoms with Gasteiger partial charge in [-0.3, -0.25) is 4.79 Å². The van der Waals surface area contributed by atoms with Gasteiger partial charge in [0, 0.05) is 13.2 Å². The first-order valence-corrected chi connectivity index (χ1v) is 8.01. The molecule has 0 unspecified atom stereocenters. The van der Waals surface area contributed by atoms with Crippen LogP contribution in [0.1, 0.15) is 25.7 Å². The second-order valence-electron chi connectivity index (χ2n) is 5.74. The van der Waals surface area contributed by atoms with Crippen LogP contribution in [0.2, 0.25) is 0 Å². The lowest BCUT2D eigenvalue weighted by molar-refractivity contribution is 0.181. The van der Waals surface area contributed by atoms with Crippen LogP contribution in [0.25, 0.3) is 0 Å². The zero-order valence-electron chi connectivity index (χ0n) is 11.6. The van der Waals surface area contributed by atoms with E-state index in [2.05, 4.69) is 26.3 Å². The number of aromatic nitrogens is 2. The molecule has 0 saturated heterocycles. The standard InChI is InChI=1S/C14H20BrN3O2/c1-20-7-6-18-14(19)12(15)11(8-16-18)17-13(9-2-3-9)10-4-5-10/h8-10,13,17H,2-7H2,1H3. The smallest absolute Gasteiger partial charge is 0.283 e. The van der Waals surface area contributed by atoms with Crippen LogP contribution in [0.4, 0.5) is 5.69 Å². The van der Waals surface area contributed by atoms with E-state index in [1.165, 1.54) is 30.4 Å². The molecule has 0 amide bonds. The van der Waals surface area contributed by atoms with Crippen molar-refractivity contribution in [3.05, 3.63) is 21.0 Å². The predicted molar refractivity (Wildman–Crippen MR) is 80.9 cm³/mol. The first kappa shape index (κ1) is 14.1. The molecular weight excluding hydrogens is 322 g/mol. The molecule has 6 heteroatoms. The molecule has 1 heterocycles. The summed E-state index contributed by atoms with van der Waals surface area (Å²) in [4.78, 5) is 12.2. The van der Waals surface area contributed by atoms with Crippen LogP contribution in [-0.2, 0) is 11.3 Å². The molecule has 0 spiro atoms. The molecule has 2 aliphatic rings. The Balaban J connectivity index is 1.75. The number of methoxy groups -OCH3 is 1. The van der Waals surface area contributed by atoms with E-state index in [0.717, 1.165) is 17.5 Å². The van der Waals surface area contributed by atoms with E-state index in [-0.39, 0.29) is 5.56 Å². The fourth-order valence-corrected chi connectivity index (χ4v) is 3.04. The average Bonchev–Trinajstić information content (AvgIpc) is 3.31. The molecule has 1 aromatic heterocycles. The van der Waals surface area contributed by atoms with Crippen LogP contribution < -0.4 is 10.9 Å². The van der Waals surface area contributed by atoms with Gasteiger partial charge in [0.05, 0.1) is 25.0 Å². The Bertz CT molecular complexity index is 526. The lowest BCUT2D eigenvalue weighted by atomic mass is 10.1. The molecule has 20 heavy (non-hydrogen) atoms. The van der Waals surface area contributed by atoms with E-state index in [0.29, 0.717) is 23.7 Å². The van der Waals surface area contributed by atoms with Crippen molar-refractivity contribution in [2.45, 2.75) is 38.3 Å². The molecule has 5 nitrogen and oxygen atoms in total. The Labute approximate surface area is 126 Å². The number of rotatable bonds is 7. The van der Waals surface area contributed by atoms with Gasteiger partial charge in [-0.15, -0.1) is 0 Å². The quantitative estimate of drug-likeness (QED) is 0.826. The van der Waals surface area contributed by atoms with E-state index in [1.807, 2.05) is 0 Å². The first-order valence-electron chi connectivity index (χ1n) is 7.22. The summed E-state index contributed by atoms with van der Waals surface area (Å²) in [6, 6.07) is 0.516. The zero-order valence-corrected chi connectivity index (χ0v) is 13.2. The van der Waals surface area contributed by atoms with Crippen LogP contribution in [0, 0.1) is 11.8 Å². The van der Waals surface area contributed by atoms with E-state index in [1.54, 1.807) is 13.3 Å². The third-order valence-corrected chi connectivity index (χ3v) is 4.84. The van der Waals surface area contributed by atoms with Crippen molar-refractivity contribution in [3.63, 3.8) is 0 Å². The van der Waals surface area contributed by atoms with Gasteiger partial charge in [-0.2, -0.15) is 5.10 Å². The Morgan fingerprint density at radius 1 is 1.45 bits per heavy atom. The SMILES string of the molecule is COCCn1ncc(NC(C2CC2)C2CC2)c(Br)c1=O. The normalized spacial score (nSPS) is 18.6. The highest BCUT2D eigenvalue weighted by Crippen LogP contribution is 2.46. The van der Waals surface area contributed by atoms with Crippen LogP contribution in [0.3, 0.4) is 0 Å². The summed E-state index contributed by atoms with van der Waals surface area (Å²) in [7, 11) is 1.62. The van der Waals surface area contributed by atoms with Crippen molar-refractivity contribution >= 4 is 21.6 Å². The third-order valence-electron chi connectivity index (χ3n) is 4.07. The maximum Gasteiger partial charge on any atom is 0.283 e. The minimum absolute atomic E-state index is 0.0996. The van der Waals surface area contributed by atoms with Crippen molar-refractivity contribution < 1.29 is 4.74 Å². The molecule has 110 valence electrons. The lowest BCUT2D eigenvalue weighted by Crippen LogP contribution is -2.29. The summed E-state index contributed by atoms with van der Waals surface area (Å²) in [5, 5.41) is 7.76. The first-order chi connectivity index (χ1) is 9.70. The van der Waals surface area contributed by atoms with Crippen molar-refractivity contribution in [1.82, 2.24) is 9.78 Å². The molecule has 3 rings (SSSR count). The van der Waals surface area contributed by atoms with Gasteiger partial charge in [0.25, 0.3) is 5.56 Å². The van der Waals surface area contributed by atoms with Crippen LogP contribution in [0.15, 0.2) is 15.5 Å². The summed E-state index contributed by atoms with van der Waals surface area (Å²) in [5.74, 6) is 1.57. The maximum atomic E-state index is 12.2. The second-order valence-corrected chi connectivity index (χ2v) is 6.53. The fourth-order valence-electron chi connectivity index (χ4n) is 2.61. The van der Waals surface area contributed by atoms with Crippen molar-refractivity contribution in [1.29, 1.82) is 0 Å². The van der Waals surface area contributed by atoms with Crippen LogP contribution >= 0.6 is 15.9 Å². The molecule has 0 bridgehead atoms. The summed E-state index contributed by atoms with van der Waals surface area (Å²) in [5.41, 5.74) is 0.727. The highest BCUT2D eigenvalue weighted by atomic mass is 79.9. The number of nitrogens with one attached hydrogen (secondary N) is 1. The lowest BCUT2D eigenvalue weighted by Gasteiger charge is -2.20. The van der Waals surface area contributed by atoms with E-state index in [4.69, 9.17) is 4.74 Å². The summed E-state index contributed by atoms with van der Waals surface area (Å²) >= 11 is 3.41. The van der Waals surface area contributed by atoms with Crippen molar-refractivity contribution in [2.24, 2.45) is 11.8 Å². The van der Waals surface area contributed by atoms with Gasteiger partial charge < -0.3 is 10.1 Å². The highest BCUT2D eigenvalue weighted by molar-refractivity contribution is 9.10. The van der Waals surface area contributed by atoms with Crippen LogP contribution in [-0.4, -0.2) is 29.5 Å². The van der Waals surface area contributed by atoms with Gasteiger partial charge in [-0.1, -0.05) is 0 Å². The molecular formula is C14H20BrN3O2. The molecule has 1 aromatic rings. The molecule has 0 aromatic carbocycles. The number of halogens is 1. The van der Waals surface area contributed by atoms with E-state index < -0.39 is 0 Å². The number of anilines is 1. The van der Waals surface area contributed by atoms with Gasteiger partial charge in [-0.25, -0.2) is 4.68 Å². The largest absolute Gasteiger partial charge is 0.383 e. The highest BCUT2D eigenvalue weighted by Gasteiger charge is 2.41. The van der Waals surface area contributed by atoms with Gasteiger partial charge in [0.1, 0.15) is 4.47 Å². The predicted octanol–water partition coefficient (Wildman–Crippen LogP) is 2.25. The summed E-state index contributed by atoms with van der Waals surface area (Å²) in [6.45, 7) is 0.960. The Hall–Kier alpha value is -0.880. The monoisotopic (exact) mass is 341 g/mol. The number of hydrogen-bond acceptors (Lipinski definition) is 4. The van der Waals surface area contributed by atoms with E-state index in [9.17, 15) is 4.79 Å². The van der Waals surface area contributed by atoms with E-state index >= 15 is 0 Å². The Kier molecular flexibility index (Phi) is 4.12. The summed E-state index contributed by atoms with van der Waals surface area (Å²) < 4.78 is 7.00. The number of hydrogen-bond donors (Lipinski definition) is 1. The van der Waals surface area contributed by atoms with Crippen molar-refractivity contribution in [2.75, 3.05) is 19.0 Å². The maximum absolute atomic E-state index is 12.2. The number of nitrogens with zero attached hydrogens (tertiary/aromatic N) is 2. The van der Waals surface area contributed by atoms with Crippen LogP contribution in [0.5, 0.6) is 0 Å². The summed E-state index contributed by atoms with van der Waals surface area (Å²) in [6.07, 6.45) is 6.99. The molecule has 2 fully saturated rings. The Morgan fingerprint density at radius 2 is 2.10 bits per heavy atom. The van der Waals surface area contributed by atoms with Gasteiger partial charge >= 0.3 is 0 Å². The molecule has 0 radical (unpaired) electrons. The molecule has 1 N–H and O–H groups in total. The third kappa shape index (κ3) is 3.06. The van der Waals surface area contributed by atoms with Gasteiger partial charge in [0.2, 0.25) is 0 Å². The average molecular weight is 342 g/mol. The van der Waals surface area contributed by atoms with Crippen molar-refractivity contribution in [3.8, 4) is 0 Å². The molecule has 0 aliphatic heterocycles. The molecule has 2 saturated carbocycles. The van der Waals surface area contributed by atoms with Gasteiger partial charge in [0.15, 0.2) is 0 Å². The fraction of sp³-hybridized carbons (Fsp3) is 0.714. The molecule has 2 aliphatic carbocycles. The minimum atomic E-state index is -0.0996. The number of ether oxygens (including phenoxy) is 1.